The largest absolute Gasteiger partial charge is 0.425 e. The molecule has 3 aromatic heterocycles. The van der Waals surface area contributed by atoms with E-state index in [0.29, 0.717) is 28.1 Å². The number of nitrogens with zero attached hydrogens (tertiary/aromatic N) is 5. The van der Waals surface area contributed by atoms with E-state index in [1.807, 2.05) is 0 Å². The van der Waals surface area contributed by atoms with Gasteiger partial charge in [-0.05, 0) is 18.9 Å². The second-order valence-electron chi connectivity index (χ2n) is 6.50. The van der Waals surface area contributed by atoms with E-state index in [1.165, 1.54) is 0 Å². The predicted molar refractivity (Wildman–Crippen MR) is 88.7 cm³/mol. The maximum Gasteiger partial charge on any atom is 0.256 e. The number of hydrogen-bond acceptors (Lipinski definition) is 7. The lowest BCUT2D eigenvalue weighted by molar-refractivity contribution is 0.474. The van der Waals surface area contributed by atoms with E-state index < -0.39 is 10.8 Å². The van der Waals surface area contributed by atoms with Gasteiger partial charge in [0, 0.05) is 24.1 Å². The molecule has 2 bridgehead atoms. The minimum absolute atomic E-state index is 0.102. The molecule has 8 nitrogen and oxygen atoms in total. The summed E-state index contributed by atoms with van der Waals surface area (Å²) >= 11 is 0. The SMILES string of the molecule is Cc1nnc(Cc2cc3cnc4nc3n(c2=O)C2CCCC2S4=O)o1. The summed E-state index contributed by atoms with van der Waals surface area (Å²) < 4.78 is 19.9. The summed E-state index contributed by atoms with van der Waals surface area (Å²) in [7, 11) is -1.28. The Morgan fingerprint density at radius 1 is 1.36 bits per heavy atom. The van der Waals surface area contributed by atoms with Crippen LogP contribution in [0.25, 0.3) is 11.0 Å². The minimum atomic E-state index is -1.28. The highest BCUT2D eigenvalue weighted by Gasteiger charge is 2.39. The number of aromatic nitrogens is 5. The van der Waals surface area contributed by atoms with Gasteiger partial charge in [0.05, 0.1) is 28.5 Å². The third-order valence-corrected chi connectivity index (χ3v) is 6.60. The third kappa shape index (κ3) is 2.18. The number of fused-ring (bicyclic) bond motifs is 3. The molecule has 2 aliphatic rings. The van der Waals surface area contributed by atoms with Gasteiger partial charge in [0.25, 0.3) is 5.56 Å². The maximum atomic E-state index is 13.2. The van der Waals surface area contributed by atoms with Gasteiger partial charge in [-0.3, -0.25) is 13.6 Å². The summed E-state index contributed by atoms with van der Waals surface area (Å²) in [5.74, 6) is 0.868. The zero-order chi connectivity index (χ0) is 17.1. The molecule has 0 aromatic carbocycles. The molecule has 9 heteroatoms. The fraction of sp³-hybridized carbons (Fsp3) is 0.438. The van der Waals surface area contributed by atoms with Crippen LogP contribution in [0.2, 0.25) is 0 Å². The summed E-state index contributed by atoms with van der Waals surface area (Å²) in [5.41, 5.74) is 1.01. The maximum absolute atomic E-state index is 13.2. The molecule has 0 radical (unpaired) electrons. The fourth-order valence-corrected chi connectivity index (χ4v) is 5.38. The van der Waals surface area contributed by atoms with Gasteiger partial charge in [0.15, 0.2) is 0 Å². The second kappa shape index (κ2) is 5.29. The van der Waals surface area contributed by atoms with Crippen molar-refractivity contribution in [3.63, 3.8) is 0 Å². The molecule has 0 saturated heterocycles. The summed E-state index contributed by atoms with van der Waals surface area (Å²) in [4.78, 5) is 21.9. The van der Waals surface area contributed by atoms with Gasteiger partial charge in [0.2, 0.25) is 16.9 Å². The van der Waals surface area contributed by atoms with E-state index in [9.17, 15) is 9.00 Å². The molecule has 0 spiro atoms. The van der Waals surface area contributed by atoms with Gasteiger partial charge in [-0.15, -0.1) is 10.2 Å². The van der Waals surface area contributed by atoms with E-state index in [1.54, 1.807) is 23.8 Å². The van der Waals surface area contributed by atoms with E-state index in [-0.39, 0.29) is 23.3 Å². The second-order valence-corrected chi connectivity index (χ2v) is 8.07. The smallest absolute Gasteiger partial charge is 0.256 e. The molecular weight excluding hydrogens is 342 g/mol. The first kappa shape index (κ1) is 14.9. The lowest BCUT2D eigenvalue weighted by Crippen LogP contribution is -2.32. The first-order chi connectivity index (χ1) is 12.1. The Morgan fingerprint density at radius 3 is 3.04 bits per heavy atom. The average molecular weight is 357 g/mol. The van der Waals surface area contributed by atoms with Gasteiger partial charge >= 0.3 is 0 Å². The standard InChI is InChI=1S/C16H15N5O3S/c1-8-19-20-13(24-8)6-9-5-10-7-17-16-18-14(10)21(15(9)22)11-3-2-4-12(11)25(16)23/h5,7,11-12H,2-4,6H2,1H3. The normalized spacial score (nSPS) is 24.6. The number of rotatable bonds is 2. The van der Waals surface area contributed by atoms with Crippen molar-refractivity contribution >= 4 is 21.8 Å². The molecule has 1 saturated carbocycles. The summed E-state index contributed by atoms with van der Waals surface area (Å²) in [6.45, 7) is 1.71. The zero-order valence-electron chi connectivity index (χ0n) is 13.5. The van der Waals surface area contributed by atoms with Crippen molar-refractivity contribution in [1.82, 2.24) is 24.7 Å². The lowest BCUT2D eigenvalue weighted by atomic mass is 10.1. The Balaban J connectivity index is 1.74. The molecule has 128 valence electrons. The van der Waals surface area contributed by atoms with Gasteiger partial charge in [0.1, 0.15) is 5.65 Å². The summed E-state index contributed by atoms with van der Waals surface area (Å²) in [5, 5.41) is 8.78. The Morgan fingerprint density at radius 2 is 2.24 bits per heavy atom. The fourth-order valence-electron chi connectivity index (χ4n) is 3.85. The van der Waals surface area contributed by atoms with Crippen LogP contribution in [0.5, 0.6) is 0 Å². The molecule has 1 fully saturated rings. The van der Waals surface area contributed by atoms with Crippen molar-refractivity contribution < 1.29 is 8.63 Å². The minimum Gasteiger partial charge on any atom is -0.425 e. The molecule has 5 rings (SSSR count). The van der Waals surface area contributed by atoms with Crippen LogP contribution < -0.4 is 5.56 Å². The van der Waals surface area contributed by atoms with Crippen LogP contribution in [0.1, 0.15) is 42.6 Å². The van der Waals surface area contributed by atoms with Gasteiger partial charge in [-0.1, -0.05) is 6.42 Å². The van der Waals surface area contributed by atoms with Crippen LogP contribution in [-0.4, -0.2) is 34.2 Å². The summed E-state index contributed by atoms with van der Waals surface area (Å²) in [6, 6.07) is 1.67. The average Bonchev–Trinajstić information content (AvgIpc) is 3.22. The first-order valence-corrected chi connectivity index (χ1v) is 9.44. The van der Waals surface area contributed by atoms with Crippen molar-refractivity contribution in [2.75, 3.05) is 0 Å². The van der Waals surface area contributed by atoms with Crippen LogP contribution in [0.3, 0.4) is 0 Å². The van der Waals surface area contributed by atoms with Crippen LogP contribution >= 0.6 is 0 Å². The van der Waals surface area contributed by atoms with Crippen molar-refractivity contribution in [2.45, 2.75) is 49.1 Å². The molecule has 0 amide bonds. The third-order valence-electron chi connectivity index (χ3n) is 4.94. The molecular formula is C16H15N5O3S. The number of aryl methyl sites for hydroxylation is 1. The highest BCUT2D eigenvalue weighted by atomic mass is 32.2. The highest BCUT2D eigenvalue weighted by molar-refractivity contribution is 7.85. The van der Waals surface area contributed by atoms with Gasteiger partial charge in [-0.2, -0.15) is 0 Å². The van der Waals surface area contributed by atoms with E-state index in [4.69, 9.17) is 4.42 Å². The molecule has 3 unspecified atom stereocenters. The summed E-state index contributed by atoms with van der Waals surface area (Å²) in [6.07, 6.45) is 4.51. The van der Waals surface area contributed by atoms with Crippen molar-refractivity contribution in [3.8, 4) is 0 Å². The Kier molecular flexibility index (Phi) is 3.15. The first-order valence-electron chi connectivity index (χ1n) is 8.22. The van der Waals surface area contributed by atoms with E-state index in [0.717, 1.165) is 24.6 Å². The molecule has 1 aliphatic carbocycles. The topological polar surface area (TPSA) is 104 Å². The van der Waals surface area contributed by atoms with E-state index >= 15 is 0 Å². The number of pyridine rings is 1. The Bertz CT molecular complexity index is 1090. The van der Waals surface area contributed by atoms with Crippen LogP contribution in [0.15, 0.2) is 26.6 Å². The molecule has 1 aliphatic heterocycles. The lowest BCUT2D eigenvalue weighted by Gasteiger charge is -2.19. The molecule has 4 heterocycles. The molecule has 3 aromatic rings. The van der Waals surface area contributed by atoms with Gasteiger partial charge in [-0.25, -0.2) is 9.97 Å². The Labute approximate surface area is 144 Å². The number of hydrogen-bond donors (Lipinski definition) is 0. The highest BCUT2D eigenvalue weighted by Crippen LogP contribution is 2.38. The van der Waals surface area contributed by atoms with Crippen LogP contribution in [0.4, 0.5) is 0 Å². The van der Waals surface area contributed by atoms with Crippen molar-refractivity contribution in [1.29, 1.82) is 0 Å². The van der Waals surface area contributed by atoms with Gasteiger partial charge < -0.3 is 4.42 Å². The van der Waals surface area contributed by atoms with Crippen LogP contribution in [-0.2, 0) is 17.2 Å². The predicted octanol–water partition coefficient (Wildman–Crippen LogP) is 1.29. The van der Waals surface area contributed by atoms with Crippen LogP contribution in [0, 0.1) is 6.92 Å². The zero-order valence-corrected chi connectivity index (χ0v) is 14.3. The monoisotopic (exact) mass is 357 g/mol. The molecule has 25 heavy (non-hydrogen) atoms. The van der Waals surface area contributed by atoms with Crippen molar-refractivity contribution in [2.24, 2.45) is 0 Å². The Hall–Kier alpha value is -2.42. The molecule has 0 N–H and O–H groups in total. The quantitative estimate of drug-likeness (QED) is 0.637. The van der Waals surface area contributed by atoms with Crippen molar-refractivity contribution in [3.05, 3.63) is 40.0 Å². The molecule has 3 atom stereocenters. The van der Waals surface area contributed by atoms with E-state index in [2.05, 4.69) is 20.2 Å².